The highest BCUT2D eigenvalue weighted by molar-refractivity contribution is 7.91. The maximum atomic E-state index is 11.4. The zero-order chi connectivity index (χ0) is 15.5. The number of carbonyl (C=O) groups is 1. The fourth-order valence-corrected chi connectivity index (χ4v) is 3.83. The van der Waals surface area contributed by atoms with Gasteiger partial charge in [-0.25, -0.2) is 8.42 Å². The third-order valence-electron chi connectivity index (χ3n) is 3.38. The first-order valence-corrected chi connectivity index (χ1v) is 8.51. The van der Waals surface area contributed by atoms with E-state index in [1.54, 1.807) is 12.1 Å². The third-order valence-corrected chi connectivity index (χ3v) is 5.11. The van der Waals surface area contributed by atoms with Crippen molar-refractivity contribution in [2.75, 3.05) is 18.6 Å². The zero-order valence-electron chi connectivity index (χ0n) is 11.8. The number of benzene rings is 1. The molecule has 2 atom stereocenters. The van der Waals surface area contributed by atoms with Crippen molar-refractivity contribution in [2.45, 2.75) is 25.0 Å². The Morgan fingerprint density at radius 2 is 2.05 bits per heavy atom. The quantitative estimate of drug-likeness (QED) is 0.785. The van der Waals surface area contributed by atoms with E-state index in [9.17, 15) is 13.2 Å². The van der Waals surface area contributed by atoms with Gasteiger partial charge in [-0.1, -0.05) is 12.1 Å². The van der Waals surface area contributed by atoms with Crippen molar-refractivity contribution in [3.8, 4) is 5.75 Å². The summed E-state index contributed by atoms with van der Waals surface area (Å²) in [5.41, 5.74) is 6.58. The van der Waals surface area contributed by atoms with Crippen LogP contribution in [0.25, 0.3) is 0 Å². The van der Waals surface area contributed by atoms with Crippen molar-refractivity contribution in [1.29, 1.82) is 0 Å². The summed E-state index contributed by atoms with van der Waals surface area (Å²) in [5, 5.41) is 0. The largest absolute Gasteiger partial charge is 0.489 e. The summed E-state index contributed by atoms with van der Waals surface area (Å²) in [5.74, 6) is 0.421. The molecule has 116 valence electrons. The van der Waals surface area contributed by atoms with Gasteiger partial charge in [-0.15, -0.1) is 0 Å². The molecule has 0 aromatic heterocycles. The first-order chi connectivity index (χ1) is 9.89. The van der Waals surface area contributed by atoms with E-state index in [1.807, 2.05) is 12.1 Å². The lowest BCUT2D eigenvalue weighted by Gasteiger charge is -2.13. The third kappa shape index (κ3) is 4.44. The Kier molecular flexibility index (Phi) is 4.84. The maximum Gasteiger partial charge on any atom is 0.322 e. The van der Waals surface area contributed by atoms with Gasteiger partial charge in [0.2, 0.25) is 0 Å². The number of methoxy groups -OCH3 is 1. The molecule has 2 rings (SSSR count). The van der Waals surface area contributed by atoms with Crippen molar-refractivity contribution in [1.82, 2.24) is 0 Å². The van der Waals surface area contributed by atoms with Crippen LogP contribution in [0, 0.1) is 0 Å². The summed E-state index contributed by atoms with van der Waals surface area (Å²) in [4.78, 5) is 11.2. The molecule has 0 amide bonds. The maximum absolute atomic E-state index is 11.4. The molecule has 1 saturated heterocycles. The molecule has 1 aromatic rings. The van der Waals surface area contributed by atoms with E-state index in [2.05, 4.69) is 4.74 Å². The Bertz CT molecular complexity index is 596. The average molecular weight is 313 g/mol. The van der Waals surface area contributed by atoms with Crippen LogP contribution < -0.4 is 10.5 Å². The molecular weight excluding hydrogens is 294 g/mol. The summed E-state index contributed by atoms with van der Waals surface area (Å²) < 4.78 is 32.9. The Labute approximate surface area is 124 Å². The number of nitrogens with two attached hydrogens (primary N) is 1. The Hall–Kier alpha value is -1.60. The lowest BCUT2D eigenvalue weighted by atomic mass is 10.1. The molecule has 1 aromatic carbocycles. The molecule has 0 saturated carbocycles. The number of rotatable bonds is 5. The number of esters is 1. The van der Waals surface area contributed by atoms with Gasteiger partial charge in [0.15, 0.2) is 9.84 Å². The number of ether oxygens (including phenoxy) is 2. The van der Waals surface area contributed by atoms with E-state index >= 15 is 0 Å². The van der Waals surface area contributed by atoms with Crippen molar-refractivity contribution in [3.05, 3.63) is 29.8 Å². The standard InChI is InChI=1S/C14H19NO5S/c1-19-14(16)13(15)8-10-2-4-11(5-3-10)20-12-6-7-21(17,18)9-12/h2-5,12-13H,6-9,15H2,1H3. The van der Waals surface area contributed by atoms with Gasteiger partial charge in [-0.05, 0) is 30.5 Å². The van der Waals surface area contributed by atoms with Crippen LogP contribution >= 0.6 is 0 Å². The Morgan fingerprint density at radius 3 is 2.57 bits per heavy atom. The van der Waals surface area contributed by atoms with Crippen LogP contribution in [0.1, 0.15) is 12.0 Å². The monoisotopic (exact) mass is 313 g/mol. The van der Waals surface area contributed by atoms with Gasteiger partial charge in [-0.3, -0.25) is 4.79 Å². The van der Waals surface area contributed by atoms with E-state index in [0.29, 0.717) is 18.6 Å². The van der Waals surface area contributed by atoms with Crippen molar-refractivity contribution >= 4 is 15.8 Å². The molecule has 2 unspecified atom stereocenters. The van der Waals surface area contributed by atoms with Crippen LogP contribution in [0.3, 0.4) is 0 Å². The smallest absolute Gasteiger partial charge is 0.322 e. The molecule has 0 radical (unpaired) electrons. The van der Waals surface area contributed by atoms with Crippen LogP contribution in [0.5, 0.6) is 5.75 Å². The van der Waals surface area contributed by atoms with E-state index in [1.165, 1.54) is 7.11 Å². The van der Waals surface area contributed by atoms with Crippen LogP contribution in [-0.2, 0) is 25.8 Å². The summed E-state index contributed by atoms with van der Waals surface area (Å²) in [6, 6.07) is 6.43. The molecule has 1 aliphatic rings. The first kappa shape index (κ1) is 15.8. The first-order valence-electron chi connectivity index (χ1n) is 6.69. The van der Waals surface area contributed by atoms with Crippen molar-refractivity contribution in [2.24, 2.45) is 5.73 Å². The number of hydrogen-bond acceptors (Lipinski definition) is 6. The van der Waals surface area contributed by atoms with E-state index in [0.717, 1.165) is 5.56 Å². The highest BCUT2D eigenvalue weighted by Crippen LogP contribution is 2.20. The van der Waals surface area contributed by atoms with Crippen LogP contribution in [-0.4, -0.2) is 45.1 Å². The summed E-state index contributed by atoms with van der Waals surface area (Å²) in [6.45, 7) is 0. The van der Waals surface area contributed by atoms with Gasteiger partial charge in [0.1, 0.15) is 17.9 Å². The second-order valence-electron chi connectivity index (χ2n) is 5.12. The molecular formula is C14H19NO5S. The molecule has 0 spiro atoms. The second kappa shape index (κ2) is 6.44. The predicted molar refractivity (Wildman–Crippen MR) is 77.8 cm³/mol. The topological polar surface area (TPSA) is 95.7 Å². The SMILES string of the molecule is COC(=O)C(N)Cc1ccc(OC2CCS(=O)(=O)C2)cc1. The fraction of sp³-hybridized carbons (Fsp3) is 0.500. The Balaban J connectivity index is 1.92. The fourth-order valence-electron chi connectivity index (χ4n) is 2.24. The van der Waals surface area contributed by atoms with Gasteiger partial charge in [0.05, 0.1) is 18.6 Å². The van der Waals surface area contributed by atoms with Gasteiger partial charge < -0.3 is 15.2 Å². The number of sulfone groups is 1. The molecule has 7 heteroatoms. The average Bonchev–Trinajstić information content (AvgIpc) is 2.79. The molecule has 1 fully saturated rings. The normalized spacial score (nSPS) is 21.7. The van der Waals surface area contributed by atoms with Crippen LogP contribution in [0.2, 0.25) is 0 Å². The summed E-state index contributed by atoms with van der Waals surface area (Å²) in [7, 11) is -1.64. The lowest BCUT2D eigenvalue weighted by Crippen LogP contribution is -2.33. The zero-order valence-corrected chi connectivity index (χ0v) is 12.6. The highest BCUT2D eigenvalue weighted by atomic mass is 32.2. The molecule has 1 heterocycles. The van der Waals surface area contributed by atoms with Gasteiger partial charge in [0, 0.05) is 0 Å². The van der Waals surface area contributed by atoms with E-state index < -0.39 is 21.8 Å². The molecule has 1 aliphatic heterocycles. The van der Waals surface area contributed by atoms with Gasteiger partial charge in [0.25, 0.3) is 0 Å². The van der Waals surface area contributed by atoms with E-state index in [4.69, 9.17) is 10.5 Å². The second-order valence-corrected chi connectivity index (χ2v) is 7.35. The molecule has 6 nitrogen and oxygen atoms in total. The summed E-state index contributed by atoms with van der Waals surface area (Å²) in [6.07, 6.45) is 0.625. The molecule has 0 aliphatic carbocycles. The minimum atomic E-state index is -2.95. The van der Waals surface area contributed by atoms with Gasteiger partial charge >= 0.3 is 5.97 Å². The van der Waals surface area contributed by atoms with Gasteiger partial charge in [-0.2, -0.15) is 0 Å². The predicted octanol–water partition coefficient (Wildman–Crippen LogP) is 0.295. The number of carbonyl (C=O) groups excluding carboxylic acids is 1. The van der Waals surface area contributed by atoms with Crippen molar-refractivity contribution < 1.29 is 22.7 Å². The lowest BCUT2D eigenvalue weighted by molar-refractivity contribution is -0.142. The number of hydrogen-bond donors (Lipinski definition) is 1. The highest BCUT2D eigenvalue weighted by Gasteiger charge is 2.29. The minimum Gasteiger partial charge on any atom is -0.489 e. The Morgan fingerprint density at radius 1 is 1.38 bits per heavy atom. The minimum absolute atomic E-state index is 0.0714. The molecule has 2 N–H and O–H groups in total. The molecule has 0 bridgehead atoms. The van der Waals surface area contributed by atoms with Crippen molar-refractivity contribution in [3.63, 3.8) is 0 Å². The van der Waals surface area contributed by atoms with Crippen LogP contribution in [0.15, 0.2) is 24.3 Å². The van der Waals surface area contributed by atoms with Crippen LogP contribution in [0.4, 0.5) is 0 Å². The summed E-state index contributed by atoms with van der Waals surface area (Å²) >= 11 is 0. The molecule has 21 heavy (non-hydrogen) atoms. The van der Waals surface area contributed by atoms with E-state index in [-0.39, 0.29) is 17.6 Å².